The second kappa shape index (κ2) is 58.7. The quantitative estimate of drug-likeness (QED) is 0.0261. The summed E-state index contributed by atoms with van der Waals surface area (Å²) < 4.78 is 16.8. The van der Waals surface area contributed by atoms with Gasteiger partial charge in [-0.05, 0) is 51.4 Å². The van der Waals surface area contributed by atoms with Gasteiger partial charge in [-0.2, -0.15) is 0 Å². The predicted molar refractivity (Wildman–Crippen MR) is 302 cm³/mol. The van der Waals surface area contributed by atoms with Gasteiger partial charge in [-0.25, -0.2) is 0 Å². The van der Waals surface area contributed by atoms with Crippen molar-refractivity contribution >= 4 is 17.9 Å². The molecule has 406 valence electrons. The molecular weight excluding hydrogens is 865 g/mol. The van der Waals surface area contributed by atoms with Crippen LogP contribution in [0.4, 0.5) is 0 Å². The second-order valence-corrected chi connectivity index (χ2v) is 20.2. The molecule has 0 fully saturated rings. The largest absolute Gasteiger partial charge is 0.462 e. The molecule has 70 heavy (non-hydrogen) atoms. The van der Waals surface area contributed by atoms with E-state index in [0.717, 1.165) is 70.6 Å². The molecule has 0 aliphatic heterocycles. The number of rotatable bonds is 55. The minimum atomic E-state index is -0.801. The Bertz CT molecular complexity index is 1260. The fourth-order valence-corrected chi connectivity index (χ4v) is 8.79. The third-order valence-electron chi connectivity index (χ3n) is 13.3. The van der Waals surface area contributed by atoms with E-state index in [-0.39, 0.29) is 37.5 Å². The zero-order chi connectivity index (χ0) is 50.7. The monoisotopic (exact) mass is 979 g/mol. The molecular formula is C64H114O6. The van der Waals surface area contributed by atoms with E-state index in [1.807, 2.05) is 6.08 Å². The summed E-state index contributed by atoms with van der Waals surface area (Å²) in [5.41, 5.74) is 0. The molecule has 0 aliphatic carbocycles. The number of unbranched alkanes of at least 4 members (excludes halogenated alkanes) is 34. The fourth-order valence-electron chi connectivity index (χ4n) is 8.79. The molecule has 0 bridgehead atoms. The van der Waals surface area contributed by atoms with Crippen LogP contribution >= 0.6 is 0 Å². The van der Waals surface area contributed by atoms with Crippen molar-refractivity contribution in [2.45, 2.75) is 316 Å². The molecule has 0 rings (SSSR count). The Balaban J connectivity index is 4.41. The highest BCUT2D eigenvalue weighted by Gasteiger charge is 2.19. The molecule has 0 saturated heterocycles. The summed E-state index contributed by atoms with van der Waals surface area (Å²) in [5, 5.41) is 0. The lowest BCUT2D eigenvalue weighted by atomic mass is 10.0. The predicted octanol–water partition coefficient (Wildman–Crippen LogP) is 20.4. The Morgan fingerprint density at radius 3 is 0.871 bits per heavy atom. The minimum Gasteiger partial charge on any atom is -0.462 e. The molecule has 6 heteroatoms. The highest BCUT2D eigenvalue weighted by Crippen LogP contribution is 2.17. The highest BCUT2D eigenvalue weighted by atomic mass is 16.6. The van der Waals surface area contributed by atoms with Crippen molar-refractivity contribution in [3.63, 3.8) is 0 Å². The van der Waals surface area contributed by atoms with E-state index in [0.29, 0.717) is 19.3 Å². The lowest BCUT2D eigenvalue weighted by Crippen LogP contribution is -2.30. The van der Waals surface area contributed by atoms with Gasteiger partial charge >= 0.3 is 17.9 Å². The topological polar surface area (TPSA) is 78.9 Å². The van der Waals surface area contributed by atoms with Crippen molar-refractivity contribution in [1.82, 2.24) is 0 Å². The first-order chi connectivity index (χ1) is 34.5. The molecule has 0 spiro atoms. The van der Waals surface area contributed by atoms with Crippen LogP contribution in [-0.4, -0.2) is 37.2 Å². The SMILES string of the molecule is CC/C=C\C/C=C\C/C=C\C/C=C\C/C=C\CCC(=O)OCC(COC(=O)CCCCCCCCCCCCCCCCCCCC)OC(=O)CCCCCCCCCCCCCCCCCCCC. The third-order valence-corrected chi connectivity index (χ3v) is 13.3. The molecule has 0 aliphatic rings. The van der Waals surface area contributed by atoms with E-state index in [4.69, 9.17) is 14.2 Å². The molecule has 0 aromatic rings. The first-order valence-electron chi connectivity index (χ1n) is 30.3. The first-order valence-corrected chi connectivity index (χ1v) is 30.3. The number of esters is 3. The Morgan fingerprint density at radius 2 is 0.557 bits per heavy atom. The molecule has 1 atom stereocenters. The van der Waals surface area contributed by atoms with Crippen molar-refractivity contribution in [1.29, 1.82) is 0 Å². The maximum Gasteiger partial charge on any atom is 0.306 e. The summed E-state index contributed by atoms with van der Waals surface area (Å²) in [5.74, 6) is -0.961. The molecule has 1 unspecified atom stereocenters. The molecule has 0 radical (unpaired) electrons. The van der Waals surface area contributed by atoms with Crippen LogP contribution in [0, 0.1) is 0 Å². The Hall–Kier alpha value is -2.89. The summed E-state index contributed by atoms with van der Waals surface area (Å²) >= 11 is 0. The van der Waals surface area contributed by atoms with Gasteiger partial charge in [-0.15, -0.1) is 0 Å². The lowest BCUT2D eigenvalue weighted by Gasteiger charge is -2.18. The maximum absolute atomic E-state index is 12.9. The number of allylic oxidation sites excluding steroid dienone is 10. The van der Waals surface area contributed by atoms with Gasteiger partial charge in [0.2, 0.25) is 0 Å². The van der Waals surface area contributed by atoms with Gasteiger partial charge in [0, 0.05) is 19.3 Å². The number of carbonyl (C=O) groups excluding carboxylic acids is 3. The van der Waals surface area contributed by atoms with Crippen LogP contribution in [0.2, 0.25) is 0 Å². The van der Waals surface area contributed by atoms with Crippen molar-refractivity contribution in [3.8, 4) is 0 Å². The number of carbonyl (C=O) groups is 3. The average Bonchev–Trinajstić information content (AvgIpc) is 3.36. The number of hydrogen-bond acceptors (Lipinski definition) is 6. The van der Waals surface area contributed by atoms with Crippen LogP contribution < -0.4 is 0 Å². The van der Waals surface area contributed by atoms with Gasteiger partial charge in [0.05, 0.1) is 0 Å². The van der Waals surface area contributed by atoms with Crippen molar-refractivity contribution in [3.05, 3.63) is 60.8 Å². The van der Waals surface area contributed by atoms with Crippen molar-refractivity contribution < 1.29 is 28.6 Å². The van der Waals surface area contributed by atoms with Gasteiger partial charge in [0.1, 0.15) is 13.2 Å². The Kier molecular flexibility index (Phi) is 56.3. The lowest BCUT2D eigenvalue weighted by molar-refractivity contribution is -0.166. The zero-order valence-electron chi connectivity index (χ0n) is 46.5. The van der Waals surface area contributed by atoms with Crippen LogP contribution in [0.15, 0.2) is 60.8 Å². The van der Waals surface area contributed by atoms with E-state index >= 15 is 0 Å². The summed E-state index contributed by atoms with van der Waals surface area (Å²) in [7, 11) is 0. The van der Waals surface area contributed by atoms with Crippen molar-refractivity contribution in [2.75, 3.05) is 13.2 Å². The van der Waals surface area contributed by atoms with Crippen LogP contribution in [0.3, 0.4) is 0 Å². The third kappa shape index (κ3) is 56.0. The molecule has 0 amide bonds. The van der Waals surface area contributed by atoms with Gasteiger partial charge in [-0.3, -0.25) is 14.4 Å². The number of hydrogen-bond donors (Lipinski definition) is 0. The summed E-state index contributed by atoms with van der Waals surface area (Å²) in [4.78, 5) is 38.2. The van der Waals surface area contributed by atoms with E-state index in [2.05, 4.69) is 75.5 Å². The molecule has 0 aromatic carbocycles. The van der Waals surface area contributed by atoms with Gasteiger partial charge in [0.15, 0.2) is 6.10 Å². The van der Waals surface area contributed by atoms with Crippen LogP contribution in [-0.2, 0) is 28.6 Å². The smallest absolute Gasteiger partial charge is 0.306 e. The van der Waals surface area contributed by atoms with Crippen molar-refractivity contribution in [2.24, 2.45) is 0 Å². The summed E-state index contributed by atoms with van der Waals surface area (Å²) in [6.07, 6.45) is 73.8. The Morgan fingerprint density at radius 1 is 0.300 bits per heavy atom. The molecule has 0 N–H and O–H groups in total. The normalized spacial score (nSPS) is 12.4. The summed E-state index contributed by atoms with van der Waals surface area (Å²) in [6, 6.07) is 0. The van der Waals surface area contributed by atoms with Gasteiger partial charge < -0.3 is 14.2 Å². The van der Waals surface area contributed by atoms with E-state index in [1.165, 1.54) is 193 Å². The van der Waals surface area contributed by atoms with E-state index in [9.17, 15) is 14.4 Å². The number of ether oxygens (including phenoxy) is 3. The molecule has 6 nitrogen and oxygen atoms in total. The van der Waals surface area contributed by atoms with Gasteiger partial charge in [-0.1, -0.05) is 300 Å². The van der Waals surface area contributed by atoms with Crippen LogP contribution in [0.5, 0.6) is 0 Å². The van der Waals surface area contributed by atoms with Crippen LogP contribution in [0.1, 0.15) is 310 Å². The highest BCUT2D eigenvalue weighted by molar-refractivity contribution is 5.71. The van der Waals surface area contributed by atoms with E-state index in [1.54, 1.807) is 0 Å². The summed E-state index contributed by atoms with van der Waals surface area (Å²) in [6.45, 7) is 6.51. The minimum absolute atomic E-state index is 0.0925. The maximum atomic E-state index is 12.9. The zero-order valence-corrected chi connectivity index (χ0v) is 46.5. The van der Waals surface area contributed by atoms with Crippen LogP contribution in [0.25, 0.3) is 0 Å². The van der Waals surface area contributed by atoms with E-state index < -0.39 is 6.10 Å². The standard InChI is InChI=1S/C64H114O6/c1-4-7-10-13-16-19-22-25-28-31-33-36-39-42-45-48-51-54-57-63(66)69-60-61(59-68-62(65)56-53-50-47-44-41-38-35-30-27-24-21-18-15-12-9-6-3)70-64(67)58-55-52-49-46-43-40-37-34-32-29-26-23-20-17-14-11-8-5-2/h9,12,18,21,27,30,38,41,47,50,61H,4-8,10-11,13-17,19-20,22-26,28-29,31-37,39-40,42-46,48-49,51-60H2,1-3H3/b12-9-,21-18-,30-27-,41-38-,50-47-. The van der Waals surface area contributed by atoms with Gasteiger partial charge in [0.25, 0.3) is 0 Å². The second-order valence-electron chi connectivity index (χ2n) is 20.2. The fraction of sp³-hybridized carbons (Fsp3) is 0.797. The molecule has 0 saturated carbocycles. The Labute approximate surface area is 434 Å². The first kappa shape index (κ1) is 67.1. The molecule has 0 heterocycles. The average molecular weight is 980 g/mol. The molecule has 0 aromatic heterocycles.